The van der Waals surface area contributed by atoms with Crippen LogP contribution < -0.4 is 10.5 Å². The Morgan fingerprint density at radius 1 is 1.12 bits per heavy atom. The molecule has 2 saturated heterocycles. The first-order chi connectivity index (χ1) is 11.6. The molecule has 0 aliphatic carbocycles. The first-order valence-corrected chi connectivity index (χ1v) is 9.32. The molecule has 3 rings (SSSR count). The van der Waals surface area contributed by atoms with E-state index in [1.165, 1.54) is 19.3 Å². The SMILES string of the molecule is NC(CN1CCCC1)C(O)c1ccc(OCCN2CCC2)c(Cl)c1. The number of halogens is 1. The van der Waals surface area contributed by atoms with Gasteiger partial charge in [-0.2, -0.15) is 0 Å². The normalized spacial score (nSPS) is 21.5. The fourth-order valence-corrected chi connectivity index (χ4v) is 3.56. The highest BCUT2D eigenvalue weighted by Gasteiger charge is 2.22. The van der Waals surface area contributed by atoms with Crippen molar-refractivity contribution in [2.75, 3.05) is 45.9 Å². The van der Waals surface area contributed by atoms with Gasteiger partial charge in [0.05, 0.1) is 11.1 Å². The van der Waals surface area contributed by atoms with Crippen LogP contribution in [0.5, 0.6) is 5.75 Å². The van der Waals surface area contributed by atoms with Gasteiger partial charge in [0.2, 0.25) is 0 Å². The third-order valence-corrected chi connectivity index (χ3v) is 5.28. The van der Waals surface area contributed by atoms with Gasteiger partial charge < -0.3 is 20.5 Å². The van der Waals surface area contributed by atoms with Crippen molar-refractivity contribution in [3.05, 3.63) is 28.8 Å². The lowest BCUT2D eigenvalue weighted by Crippen LogP contribution is -2.40. The van der Waals surface area contributed by atoms with Gasteiger partial charge in [0, 0.05) is 19.1 Å². The lowest BCUT2D eigenvalue weighted by Gasteiger charge is -2.30. The van der Waals surface area contributed by atoms with Crippen molar-refractivity contribution in [1.29, 1.82) is 0 Å². The van der Waals surface area contributed by atoms with E-state index in [0.29, 0.717) is 23.9 Å². The van der Waals surface area contributed by atoms with Crippen LogP contribution in [0.4, 0.5) is 0 Å². The summed E-state index contributed by atoms with van der Waals surface area (Å²) < 4.78 is 5.75. The standard InChI is InChI=1S/C18H28ClN3O2/c19-15-12-14(18(23)16(20)13-22-6-1-2-7-22)4-5-17(15)24-11-10-21-8-3-9-21/h4-5,12,16,18,23H,1-3,6-11,13,20H2. The predicted octanol–water partition coefficient (Wildman–Crippen LogP) is 1.88. The minimum Gasteiger partial charge on any atom is -0.491 e. The molecular weight excluding hydrogens is 326 g/mol. The molecule has 0 saturated carbocycles. The van der Waals surface area contributed by atoms with E-state index in [9.17, 15) is 5.11 Å². The molecule has 2 aliphatic rings. The molecule has 24 heavy (non-hydrogen) atoms. The summed E-state index contributed by atoms with van der Waals surface area (Å²) in [5, 5.41) is 11.0. The summed E-state index contributed by atoms with van der Waals surface area (Å²) >= 11 is 6.31. The molecule has 5 nitrogen and oxygen atoms in total. The van der Waals surface area contributed by atoms with Crippen molar-refractivity contribution < 1.29 is 9.84 Å². The number of rotatable bonds is 8. The minimum absolute atomic E-state index is 0.308. The van der Waals surface area contributed by atoms with Crippen molar-refractivity contribution in [3.8, 4) is 5.75 Å². The Balaban J connectivity index is 1.51. The number of likely N-dealkylation sites (tertiary alicyclic amines) is 2. The van der Waals surface area contributed by atoms with Gasteiger partial charge in [-0.05, 0) is 63.1 Å². The van der Waals surface area contributed by atoms with Crippen LogP contribution in [0.3, 0.4) is 0 Å². The molecule has 0 spiro atoms. The van der Waals surface area contributed by atoms with Crippen molar-refractivity contribution in [2.24, 2.45) is 5.73 Å². The zero-order valence-electron chi connectivity index (χ0n) is 14.2. The van der Waals surface area contributed by atoms with Gasteiger partial charge in [0.15, 0.2) is 0 Å². The number of hydrogen-bond acceptors (Lipinski definition) is 5. The molecule has 0 bridgehead atoms. The second-order valence-electron chi connectivity index (χ2n) is 6.85. The first-order valence-electron chi connectivity index (χ1n) is 8.94. The molecule has 2 aliphatic heterocycles. The number of nitrogens with two attached hydrogens (primary N) is 1. The molecule has 0 radical (unpaired) electrons. The van der Waals surface area contributed by atoms with Gasteiger partial charge >= 0.3 is 0 Å². The molecular formula is C18H28ClN3O2. The van der Waals surface area contributed by atoms with Crippen LogP contribution in [-0.2, 0) is 0 Å². The number of aliphatic hydroxyl groups excluding tert-OH is 1. The topological polar surface area (TPSA) is 62.0 Å². The van der Waals surface area contributed by atoms with Gasteiger partial charge in [0.1, 0.15) is 12.4 Å². The highest BCUT2D eigenvalue weighted by Crippen LogP contribution is 2.29. The fraction of sp³-hybridized carbons (Fsp3) is 0.667. The number of benzene rings is 1. The van der Waals surface area contributed by atoms with E-state index < -0.39 is 6.10 Å². The van der Waals surface area contributed by atoms with Crippen LogP contribution in [0, 0.1) is 0 Å². The number of aliphatic hydroxyl groups is 1. The summed E-state index contributed by atoms with van der Waals surface area (Å²) in [4.78, 5) is 4.66. The summed E-state index contributed by atoms with van der Waals surface area (Å²) in [7, 11) is 0. The molecule has 6 heteroatoms. The van der Waals surface area contributed by atoms with Gasteiger partial charge in [0.25, 0.3) is 0 Å². The molecule has 0 amide bonds. The van der Waals surface area contributed by atoms with Gasteiger partial charge in [-0.25, -0.2) is 0 Å². The largest absolute Gasteiger partial charge is 0.491 e. The second-order valence-corrected chi connectivity index (χ2v) is 7.26. The maximum atomic E-state index is 10.5. The Morgan fingerprint density at radius 3 is 2.46 bits per heavy atom. The van der Waals surface area contributed by atoms with Gasteiger partial charge in [-0.3, -0.25) is 4.90 Å². The molecule has 2 fully saturated rings. The van der Waals surface area contributed by atoms with Crippen LogP contribution in [-0.4, -0.2) is 66.8 Å². The van der Waals surface area contributed by atoms with Crippen molar-refractivity contribution >= 4 is 11.6 Å². The van der Waals surface area contributed by atoms with Crippen LogP contribution in [0.25, 0.3) is 0 Å². The number of nitrogens with zero attached hydrogens (tertiary/aromatic N) is 2. The van der Waals surface area contributed by atoms with Crippen LogP contribution >= 0.6 is 11.6 Å². The Hall–Kier alpha value is -0.850. The summed E-state index contributed by atoms with van der Waals surface area (Å²) in [5.41, 5.74) is 6.93. The first kappa shape index (κ1) is 18.0. The van der Waals surface area contributed by atoms with Crippen LogP contribution in [0.2, 0.25) is 5.02 Å². The van der Waals surface area contributed by atoms with E-state index in [0.717, 1.165) is 38.3 Å². The molecule has 1 aromatic carbocycles. The maximum Gasteiger partial charge on any atom is 0.137 e. The van der Waals surface area contributed by atoms with E-state index in [4.69, 9.17) is 22.1 Å². The van der Waals surface area contributed by atoms with E-state index in [2.05, 4.69) is 9.80 Å². The highest BCUT2D eigenvalue weighted by atomic mass is 35.5. The Morgan fingerprint density at radius 2 is 1.83 bits per heavy atom. The van der Waals surface area contributed by atoms with Crippen LogP contribution in [0.15, 0.2) is 18.2 Å². The molecule has 2 unspecified atom stereocenters. The molecule has 2 atom stereocenters. The fourth-order valence-electron chi connectivity index (χ4n) is 3.32. The van der Waals surface area contributed by atoms with Gasteiger partial charge in [-0.15, -0.1) is 0 Å². The lowest BCUT2D eigenvalue weighted by molar-refractivity contribution is 0.125. The average Bonchev–Trinajstić information content (AvgIpc) is 3.03. The minimum atomic E-state index is -0.710. The third-order valence-electron chi connectivity index (χ3n) is 4.98. The summed E-state index contributed by atoms with van der Waals surface area (Å²) in [6, 6.07) is 5.16. The van der Waals surface area contributed by atoms with E-state index in [-0.39, 0.29) is 6.04 Å². The number of hydrogen-bond donors (Lipinski definition) is 2. The Labute approximate surface area is 149 Å². The zero-order chi connectivity index (χ0) is 16.9. The summed E-state index contributed by atoms with van der Waals surface area (Å²) in [5.74, 6) is 0.668. The molecule has 2 heterocycles. The van der Waals surface area contributed by atoms with Crippen molar-refractivity contribution in [3.63, 3.8) is 0 Å². The Bertz CT molecular complexity index is 533. The molecule has 3 N–H and O–H groups in total. The van der Waals surface area contributed by atoms with Gasteiger partial charge in [-0.1, -0.05) is 17.7 Å². The summed E-state index contributed by atoms with van der Waals surface area (Å²) in [6.07, 6.45) is 3.01. The lowest BCUT2D eigenvalue weighted by atomic mass is 10.0. The zero-order valence-corrected chi connectivity index (χ0v) is 14.9. The Kier molecular flexibility index (Phi) is 6.36. The maximum absolute atomic E-state index is 10.5. The third kappa shape index (κ3) is 4.61. The van der Waals surface area contributed by atoms with Crippen molar-refractivity contribution in [1.82, 2.24) is 9.80 Å². The van der Waals surface area contributed by atoms with Crippen LogP contribution in [0.1, 0.15) is 30.9 Å². The molecule has 134 valence electrons. The quantitative estimate of drug-likeness (QED) is 0.747. The van der Waals surface area contributed by atoms with E-state index in [1.807, 2.05) is 12.1 Å². The number of ether oxygens (including phenoxy) is 1. The van der Waals surface area contributed by atoms with E-state index >= 15 is 0 Å². The predicted molar refractivity (Wildman–Crippen MR) is 96.6 cm³/mol. The smallest absolute Gasteiger partial charge is 0.137 e. The molecule has 1 aromatic rings. The monoisotopic (exact) mass is 353 g/mol. The highest BCUT2D eigenvalue weighted by molar-refractivity contribution is 6.32. The molecule has 0 aromatic heterocycles. The van der Waals surface area contributed by atoms with Crippen molar-refractivity contribution in [2.45, 2.75) is 31.4 Å². The average molecular weight is 354 g/mol. The summed E-state index contributed by atoms with van der Waals surface area (Å²) in [6.45, 7) is 6.76. The van der Waals surface area contributed by atoms with E-state index in [1.54, 1.807) is 6.07 Å². The second kappa shape index (κ2) is 8.50.